The molecular formula is C25H44N7O19P3S. The molecule has 1 aliphatic rings. The number of carboxylic acid groups (broad SMARTS) is 1. The van der Waals surface area contributed by atoms with Gasteiger partial charge < -0.3 is 61.1 Å². The number of carbonyl (C=O) groups is 3. The summed E-state index contributed by atoms with van der Waals surface area (Å²) in [5, 5.41) is 42.1. The zero-order chi connectivity index (χ0) is 41.8. The van der Waals surface area contributed by atoms with Crippen LogP contribution in [0.4, 0.5) is 5.82 Å². The second kappa shape index (κ2) is 21.2. The number of anilines is 1. The Kier molecular flexibility index (Phi) is 18.7. The number of amides is 2. The van der Waals surface area contributed by atoms with Gasteiger partial charge in [0.15, 0.2) is 17.7 Å². The van der Waals surface area contributed by atoms with Crippen LogP contribution in [0.15, 0.2) is 12.7 Å². The first-order valence-corrected chi connectivity index (χ1v) is 20.9. The van der Waals surface area contributed by atoms with Gasteiger partial charge in [-0.15, -0.1) is 0 Å². The minimum atomic E-state index is -5.54. The lowest BCUT2D eigenvalue weighted by Gasteiger charge is -2.30. The molecule has 1 saturated heterocycles. The summed E-state index contributed by atoms with van der Waals surface area (Å²) in [4.78, 5) is 84.3. The molecule has 0 radical (unpaired) electrons. The fourth-order valence-corrected chi connectivity index (χ4v) is 7.31. The number of ether oxygens (including phenoxy) is 1. The molecule has 0 aromatic carbocycles. The number of nitrogens with two attached hydrogens (primary N) is 1. The Morgan fingerprint density at radius 3 is 2.29 bits per heavy atom. The average molecular weight is 872 g/mol. The number of rotatable bonds is 21. The van der Waals surface area contributed by atoms with Crippen molar-refractivity contribution >= 4 is 70.9 Å². The number of carboxylic acids is 1. The van der Waals surface area contributed by atoms with E-state index >= 15 is 0 Å². The third-order valence-electron chi connectivity index (χ3n) is 7.06. The quantitative estimate of drug-likeness (QED) is 0.0485. The minimum Gasteiger partial charge on any atom is -0.481 e. The number of fused-ring (bicyclic) bond motifs is 1. The molecule has 2 amide bonds. The number of phosphoric acid groups is 3. The van der Waals surface area contributed by atoms with Crippen molar-refractivity contribution in [1.29, 1.82) is 0 Å². The number of phosphoric ester groups is 3. The Balaban J connectivity index is 0.00000136. The number of hydrogen-bond acceptors (Lipinski definition) is 19. The number of carbonyl (C=O) groups excluding carboxylic acids is 2. The Morgan fingerprint density at radius 1 is 1.05 bits per heavy atom. The molecule has 12 N–H and O–H groups in total. The monoisotopic (exact) mass is 871 g/mol. The van der Waals surface area contributed by atoms with Crippen molar-refractivity contribution in [2.75, 3.05) is 44.4 Å². The smallest absolute Gasteiger partial charge is 0.481 e. The number of nitrogen functional groups attached to an aromatic ring is 1. The molecule has 3 heterocycles. The zero-order valence-electron chi connectivity index (χ0n) is 29.1. The summed E-state index contributed by atoms with van der Waals surface area (Å²) in [7, 11) is -16.3. The maximum absolute atomic E-state index is 12.6. The fraction of sp³-hybridized carbons (Fsp3) is 0.680. The van der Waals surface area contributed by atoms with E-state index in [1.807, 2.05) is 0 Å². The molecule has 7 atom stereocenters. The highest BCUT2D eigenvalue weighted by atomic mass is 32.1. The lowest BCUT2D eigenvalue weighted by Crippen LogP contribution is -2.46. The van der Waals surface area contributed by atoms with Crippen molar-refractivity contribution in [3.63, 3.8) is 0 Å². The summed E-state index contributed by atoms with van der Waals surface area (Å²) in [5.41, 5.74) is 4.30. The molecule has 1 fully saturated rings. The Morgan fingerprint density at radius 2 is 1.71 bits per heavy atom. The third-order valence-corrected chi connectivity index (χ3v) is 10.4. The first-order chi connectivity index (χ1) is 25.4. The van der Waals surface area contributed by atoms with Crippen LogP contribution >= 0.6 is 36.1 Å². The number of thiol groups is 1. The number of hydrogen-bond donors (Lipinski definition) is 12. The molecule has 1 aliphatic heterocycles. The van der Waals surface area contributed by atoms with Crippen LogP contribution in [0.1, 0.15) is 39.3 Å². The van der Waals surface area contributed by atoms with E-state index in [1.54, 1.807) is 0 Å². The maximum Gasteiger partial charge on any atom is 0.481 e. The first kappa shape index (κ1) is 48.5. The molecule has 55 heavy (non-hydrogen) atoms. The van der Waals surface area contributed by atoms with Gasteiger partial charge >= 0.3 is 29.4 Å². The maximum atomic E-state index is 12.6. The van der Waals surface area contributed by atoms with E-state index in [-0.39, 0.29) is 48.9 Å². The number of aliphatic hydroxyl groups excluding tert-OH is 3. The Labute approximate surface area is 317 Å². The zero-order valence-corrected chi connectivity index (χ0v) is 32.7. The number of aliphatic hydroxyl groups is 3. The van der Waals surface area contributed by atoms with E-state index in [9.17, 15) is 57.9 Å². The molecule has 26 nitrogen and oxygen atoms in total. The van der Waals surface area contributed by atoms with Crippen molar-refractivity contribution in [1.82, 2.24) is 30.2 Å². The summed E-state index contributed by atoms with van der Waals surface area (Å²) >= 11 is 3.95. The molecule has 2 aromatic heterocycles. The normalized spacial score (nSPS) is 21.5. The van der Waals surface area contributed by atoms with Crippen LogP contribution in [-0.2, 0) is 50.7 Å². The van der Waals surface area contributed by atoms with Crippen molar-refractivity contribution in [2.24, 2.45) is 5.41 Å². The Hall–Kier alpha value is -2.68. The summed E-state index contributed by atoms with van der Waals surface area (Å²) in [5.74, 6) is -1.80. The van der Waals surface area contributed by atoms with E-state index in [1.165, 1.54) is 13.8 Å². The second-order valence-electron chi connectivity index (χ2n) is 12.0. The first-order valence-electron chi connectivity index (χ1n) is 15.8. The minimum absolute atomic E-state index is 0.0354. The van der Waals surface area contributed by atoms with E-state index in [2.05, 4.69) is 47.0 Å². The van der Waals surface area contributed by atoms with Gasteiger partial charge in [-0.2, -0.15) is 16.9 Å². The summed E-state index contributed by atoms with van der Waals surface area (Å²) in [6, 6.07) is 0. The van der Waals surface area contributed by atoms with Crippen LogP contribution in [0.5, 0.6) is 0 Å². The van der Waals surface area contributed by atoms with Crippen LogP contribution in [0.3, 0.4) is 0 Å². The van der Waals surface area contributed by atoms with Crippen LogP contribution in [0.25, 0.3) is 11.2 Å². The van der Waals surface area contributed by atoms with E-state index in [0.29, 0.717) is 18.7 Å². The highest BCUT2D eigenvalue weighted by Crippen LogP contribution is 2.61. The van der Waals surface area contributed by atoms with E-state index in [0.717, 1.165) is 17.2 Å². The number of imidazole rings is 1. The molecule has 30 heteroatoms. The van der Waals surface area contributed by atoms with Crippen molar-refractivity contribution < 1.29 is 90.7 Å². The van der Waals surface area contributed by atoms with Gasteiger partial charge in [-0.3, -0.25) is 32.5 Å². The highest BCUT2D eigenvalue weighted by Gasteiger charge is 2.50. The summed E-state index contributed by atoms with van der Waals surface area (Å²) in [6.45, 7) is 0.688. The van der Waals surface area contributed by atoms with Gasteiger partial charge in [-0.25, -0.2) is 28.6 Å². The van der Waals surface area contributed by atoms with Gasteiger partial charge in [0.05, 0.1) is 19.5 Å². The van der Waals surface area contributed by atoms with Gasteiger partial charge in [-0.1, -0.05) is 13.8 Å². The predicted octanol–water partition coefficient (Wildman–Crippen LogP) is -1.82. The summed E-state index contributed by atoms with van der Waals surface area (Å²) in [6.07, 6.45) is -6.32. The number of aliphatic carboxylic acids is 1. The van der Waals surface area contributed by atoms with Crippen molar-refractivity contribution in [3.8, 4) is 0 Å². The molecule has 0 bridgehead atoms. The predicted molar refractivity (Wildman–Crippen MR) is 187 cm³/mol. The fourth-order valence-electron chi connectivity index (χ4n) is 4.37. The molecule has 3 unspecified atom stereocenters. The molecule has 2 aromatic rings. The van der Waals surface area contributed by atoms with Crippen LogP contribution in [0.2, 0.25) is 0 Å². The number of nitrogens with one attached hydrogen (secondary N) is 2. The highest BCUT2D eigenvalue weighted by molar-refractivity contribution is 7.80. The third kappa shape index (κ3) is 16.0. The van der Waals surface area contributed by atoms with Gasteiger partial charge in [-0.05, 0) is 6.42 Å². The molecule has 0 aliphatic carbocycles. The van der Waals surface area contributed by atoms with Gasteiger partial charge in [0.25, 0.3) is 0 Å². The molecule has 0 spiro atoms. The molecule has 314 valence electrons. The molecular weight excluding hydrogens is 827 g/mol. The number of aromatic nitrogens is 4. The van der Waals surface area contributed by atoms with Crippen molar-refractivity contribution in [3.05, 3.63) is 12.7 Å². The topological polar surface area (TPSA) is 404 Å². The van der Waals surface area contributed by atoms with Gasteiger partial charge in [0, 0.05) is 43.7 Å². The Bertz CT molecular complexity index is 1750. The van der Waals surface area contributed by atoms with Gasteiger partial charge in [0.2, 0.25) is 11.8 Å². The second-order valence-corrected chi connectivity index (χ2v) is 16.7. The van der Waals surface area contributed by atoms with E-state index in [4.69, 9.17) is 29.7 Å². The SMILES string of the molecule is CC(C)(COP(=O)(O)OP(=O)(O)OC[C@H]1O[C@@H](n2cnc3c(N)ncnc32)[C@H](O)[C@@H]1OP(=O)(O)O)C(O)C(=O)NCCC(=O)NCCS.O=C(O)CCCO. The standard InChI is InChI=1S/C21H36N7O16P3S.C4H8O3/c1-21(2,16(31)19(32)24-4-3-12(29)23-5-6-48)8-41-47(38,39)44-46(36,37)40-7-11-15(43-45(33,34)35)14(30)20(42-11)28-10-27-13-17(22)25-9-26-18(13)28;5-3-1-2-4(6)7/h9-11,14-16,20,30-31,48H,3-8H2,1-2H3,(H,23,29)(H,24,32)(H,36,37)(H,38,39)(H2,22,25,26)(H2,33,34,35);5H,1-3H2,(H,6,7)/t11-,14-,15-,16?,20-;/m1./s1. The molecule has 0 saturated carbocycles. The number of nitrogens with zero attached hydrogens (tertiary/aromatic N) is 4. The lowest BCUT2D eigenvalue weighted by molar-refractivity contribution is -0.138. The van der Waals surface area contributed by atoms with Gasteiger partial charge in [0.1, 0.15) is 36.3 Å². The van der Waals surface area contributed by atoms with E-state index < -0.39 is 84.6 Å². The van der Waals surface area contributed by atoms with Crippen molar-refractivity contribution in [2.45, 2.75) is 63.8 Å². The summed E-state index contributed by atoms with van der Waals surface area (Å²) < 4.78 is 61.7. The lowest BCUT2D eigenvalue weighted by atomic mass is 9.87. The molecule has 3 rings (SSSR count). The van der Waals surface area contributed by atoms with Crippen LogP contribution in [0, 0.1) is 5.41 Å². The average Bonchev–Trinajstić information content (AvgIpc) is 3.64. The van der Waals surface area contributed by atoms with Crippen LogP contribution in [-0.4, -0.2) is 140 Å². The largest absolute Gasteiger partial charge is 0.481 e. The van der Waals surface area contributed by atoms with Crippen LogP contribution < -0.4 is 16.4 Å².